The van der Waals surface area contributed by atoms with Crippen LogP contribution >= 0.6 is 11.6 Å². The molecule has 4 nitrogen and oxygen atoms in total. The molecule has 0 fully saturated rings. The van der Waals surface area contributed by atoms with Crippen LogP contribution in [0.3, 0.4) is 0 Å². The topological polar surface area (TPSA) is 41.3 Å². The van der Waals surface area contributed by atoms with Gasteiger partial charge in [-0.3, -0.25) is 9.58 Å². The number of hydrogen-bond acceptors (Lipinski definition) is 3. The van der Waals surface area contributed by atoms with E-state index in [0.29, 0.717) is 18.2 Å². The third kappa shape index (κ3) is 4.30. The summed E-state index contributed by atoms with van der Waals surface area (Å²) in [6.45, 7) is 4.35. The van der Waals surface area contributed by atoms with Crippen LogP contribution in [0.1, 0.15) is 16.8 Å². The molecule has 1 aromatic carbocycles. The number of hydrogen-bond donors (Lipinski definition) is 1. The minimum atomic E-state index is 0.145. The molecule has 5 heteroatoms. The Morgan fingerprint density at radius 1 is 1.24 bits per heavy atom. The molecule has 2 rings (SSSR count). The molecule has 0 aliphatic carbocycles. The summed E-state index contributed by atoms with van der Waals surface area (Å²) in [5.41, 5.74) is 3.29. The molecule has 114 valence electrons. The standard InChI is InChI=1S/C16H22ClN3O/c1-13-15(16(17)19(2)18-13)12-20(10-11-21)9-8-14-6-4-3-5-7-14/h3-7,21H,8-12H2,1-2H3. The average Bonchev–Trinajstić information content (AvgIpc) is 2.72. The van der Waals surface area contributed by atoms with E-state index in [-0.39, 0.29) is 6.61 Å². The lowest BCUT2D eigenvalue weighted by atomic mass is 10.1. The highest BCUT2D eigenvalue weighted by atomic mass is 35.5. The first-order valence-electron chi connectivity index (χ1n) is 7.17. The normalized spacial score (nSPS) is 11.3. The Labute approximate surface area is 131 Å². The van der Waals surface area contributed by atoms with E-state index in [1.807, 2.05) is 32.2 Å². The van der Waals surface area contributed by atoms with E-state index >= 15 is 0 Å². The molecule has 0 atom stereocenters. The molecule has 1 N–H and O–H groups in total. The van der Waals surface area contributed by atoms with E-state index in [9.17, 15) is 5.11 Å². The minimum absolute atomic E-state index is 0.145. The van der Waals surface area contributed by atoms with Gasteiger partial charge in [-0.2, -0.15) is 5.10 Å². The lowest BCUT2D eigenvalue weighted by Crippen LogP contribution is -2.29. The highest BCUT2D eigenvalue weighted by molar-refractivity contribution is 6.30. The van der Waals surface area contributed by atoms with Crippen molar-refractivity contribution in [2.75, 3.05) is 19.7 Å². The van der Waals surface area contributed by atoms with E-state index in [1.165, 1.54) is 5.56 Å². The molecule has 0 saturated heterocycles. The van der Waals surface area contributed by atoms with Crippen molar-refractivity contribution in [3.05, 3.63) is 52.3 Å². The van der Waals surface area contributed by atoms with Crippen LogP contribution in [0.2, 0.25) is 5.15 Å². The van der Waals surface area contributed by atoms with Gasteiger partial charge in [-0.1, -0.05) is 41.9 Å². The Hall–Kier alpha value is -1.36. The number of aliphatic hydroxyl groups is 1. The van der Waals surface area contributed by atoms with Gasteiger partial charge in [0.2, 0.25) is 0 Å². The number of rotatable bonds is 7. The Kier molecular flexibility index (Phi) is 5.79. The van der Waals surface area contributed by atoms with Crippen LogP contribution in [-0.2, 0) is 20.0 Å². The van der Waals surface area contributed by atoms with Gasteiger partial charge < -0.3 is 5.11 Å². The fourth-order valence-electron chi connectivity index (χ4n) is 2.42. The van der Waals surface area contributed by atoms with Crippen molar-refractivity contribution in [3.63, 3.8) is 0 Å². The lowest BCUT2D eigenvalue weighted by Gasteiger charge is -2.21. The largest absolute Gasteiger partial charge is 0.395 e. The van der Waals surface area contributed by atoms with Gasteiger partial charge in [-0.25, -0.2) is 0 Å². The van der Waals surface area contributed by atoms with E-state index in [1.54, 1.807) is 4.68 Å². The van der Waals surface area contributed by atoms with Gasteiger partial charge in [0.1, 0.15) is 5.15 Å². The second-order valence-electron chi connectivity index (χ2n) is 5.21. The van der Waals surface area contributed by atoms with E-state index < -0.39 is 0 Å². The summed E-state index contributed by atoms with van der Waals surface area (Å²) >= 11 is 6.29. The van der Waals surface area contributed by atoms with E-state index in [2.05, 4.69) is 22.1 Å². The van der Waals surface area contributed by atoms with Gasteiger partial charge in [-0.05, 0) is 18.9 Å². The molecule has 0 amide bonds. The Balaban J connectivity index is 2.02. The SMILES string of the molecule is Cc1nn(C)c(Cl)c1CN(CCO)CCc1ccccc1. The van der Waals surface area contributed by atoms with Crippen molar-refractivity contribution in [1.82, 2.24) is 14.7 Å². The number of halogens is 1. The van der Waals surface area contributed by atoms with Crippen molar-refractivity contribution in [1.29, 1.82) is 0 Å². The lowest BCUT2D eigenvalue weighted by molar-refractivity contribution is 0.191. The molecule has 1 heterocycles. The van der Waals surface area contributed by atoms with Crippen LogP contribution in [0, 0.1) is 6.92 Å². The summed E-state index contributed by atoms with van der Waals surface area (Å²) in [6, 6.07) is 10.4. The second-order valence-corrected chi connectivity index (χ2v) is 5.57. The van der Waals surface area contributed by atoms with Gasteiger partial charge in [0.15, 0.2) is 0 Å². The van der Waals surface area contributed by atoms with Crippen molar-refractivity contribution in [3.8, 4) is 0 Å². The zero-order valence-corrected chi connectivity index (χ0v) is 13.3. The van der Waals surface area contributed by atoms with Gasteiger partial charge in [-0.15, -0.1) is 0 Å². The molecular weight excluding hydrogens is 286 g/mol. The monoisotopic (exact) mass is 307 g/mol. The molecular formula is C16H22ClN3O. The van der Waals surface area contributed by atoms with Crippen LogP contribution in [0.15, 0.2) is 30.3 Å². The second kappa shape index (κ2) is 7.59. The minimum Gasteiger partial charge on any atom is -0.395 e. The molecule has 0 aliphatic heterocycles. The molecule has 1 aromatic heterocycles. The van der Waals surface area contributed by atoms with E-state index in [0.717, 1.165) is 24.2 Å². The maximum atomic E-state index is 9.26. The van der Waals surface area contributed by atoms with Gasteiger partial charge in [0.05, 0.1) is 12.3 Å². The Bertz CT molecular complexity index is 568. The Morgan fingerprint density at radius 3 is 2.52 bits per heavy atom. The van der Waals surface area contributed by atoms with Crippen LogP contribution in [-0.4, -0.2) is 39.5 Å². The quantitative estimate of drug-likeness (QED) is 0.854. The maximum absolute atomic E-state index is 9.26. The number of aromatic nitrogens is 2. The summed E-state index contributed by atoms with van der Waals surface area (Å²) in [4.78, 5) is 2.21. The van der Waals surface area contributed by atoms with Crippen LogP contribution < -0.4 is 0 Å². The van der Waals surface area contributed by atoms with Gasteiger partial charge in [0, 0.05) is 32.2 Å². The van der Waals surface area contributed by atoms with E-state index in [4.69, 9.17) is 11.6 Å². The third-order valence-electron chi connectivity index (χ3n) is 3.63. The summed E-state index contributed by atoms with van der Waals surface area (Å²) in [7, 11) is 1.85. The van der Waals surface area contributed by atoms with Crippen molar-refractivity contribution >= 4 is 11.6 Å². The first kappa shape index (κ1) is 16.0. The highest BCUT2D eigenvalue weighted by Gasteiger charge is 2.15. The first-order chi connectivity index (χ1) is 10.1. The summed E-state index contributed by atoms with van der Waals surface area (Å²) in [5, 5.41) is 14.3. The molecule has 2 aromatic rings. The Morgan fingerprint density at radius 2 is 1.95 bits per heavy atom. The fourth-order valence-corrected chi connectivity index (χ4v) is 2.65. The number of aliphatic hydroxyl groups excluding tert-OH is 1. The average molecular weight is 308 g/mol. The number of benzene rings is 1. The molecule has 0 unspecified atom stereocenters. The smallest absolute Gasteiger partial charge is 0.131 e. The summed E-state index contributed by atoms with van der Waals surface area (Å²) in [6.07, 6.45) is 0.956. The zero-order valence-electron chi connectivity index (χ0n) is 12.6. The van der Waals surface area contributed by atoms with Gasteiger partial charge >= 0.3 is 0 Å². The van der Waals surface area contributed by atoms with Crippen molar-refractivity contribution in [2.24, 2.45) is 7.05 Å². The molecule has 0 bridgehead atoms. The van der Waals surface area contributed by atoms with Gasteiger partial charge in [0.25, 0.3) is 0 Å². The van der Waals surface area contributed by atoms with Crippen LogP contribution in [0.5, 0.6) is 0 Å². The molecule has 0 spiro atoms. The fraction of sp³-hybridized carbons (Fsp3) is 0.438. The predicted octanol–water partition coefficient (Wildman–Crippen LogP) is 2.42. The summed E-state index contributed by atoms with van der Waals surface area (Å²) < 4.78 is 1.69. The van der Waals surface area contributed by atoms with Crippen molar-refractivity contribution in [2.45, 2.75) is 19.9 Å². The van der Waals surface area contributed by atoms with Crippen LogP contribution in [0.25, 0.3) is 0 Å². The molecule has 21 heavy (non-hydrogen) atoms. The first-order valence-corrected chi connectivity index (χ1v) is 7.54. The molecule has 0 saturated carbocycles. The maximum Gasteiger partial charge on any atom is 0.131 e. The predicted molar refractivity (Wildman–Crippen MR) is 85.5 cm³/mol. The van der Waals surface area contributed by atoms with Crippen molar-refractivity contribution < 1.29 is 5.11 Å². The molecule has 0 radical (unpaired) electrons. The zero-order chi connectivity index (χ0) is 15.2. The highest BCUT2D eigenvalue weighted by Crippen LogP contribution is 2.20. The number of aryl methyl sites for hydroxylation is 2. The van der Waals surface area contributed by atoms with Crippen LogP contribution in [0.4, 0.5) is 0 Å². The summed E-state index contributed by atoms with van der Waals surface area (Å²) in [5.74, 6) is 0. The molecule has 0 aliphatic rings. The third-order valence-corrected chi connectivity index (χ3v) is 4.10. The number of nitrogens with zero attached hydrogens (tertiary/aromatic N) is 3.